The summed E-state index contributed by atoms with van der Waals surface area (Å²) in [7, 11) is 1.53. The molecule has 0 fully saturated rings. The monoisotopic (exact) mass is 342 g/mol. The Morgan fingerprint density at radius 3 is 2.75 bits per heavy atom. The third-order valence-electron chi connectivity index (χ3n) is 3.10. The average Bonchev–Trinajstić information content (AvgIpc) is 2.59. The topological polar surface area (TPSA) is 100 Å². The van der Waals surface area contributed by atoms with Crippen molar-refractivity contribution in [3.8, 4) is 11.8 Å². The van der Waals surface area contributed by atoms with Crippen LogP contribution < -0.4 is 21.1 Å². The smallest absolute Gasteiger partial charge is 0.267 e. The molecular formula is C17H15ClN4O2. The highest BCUT2D eigenvalue weighted by Crippen LogP contribution is 2.24. The van der Waals surface area contributed by atoms with Crippen molar-refractivity contribution in [3.63, 3.8) is 0 Å². The molecule has 7 heteroatoms. The van der Waals surface area contributed by atoms with Gasteiger partial charge in [-0.05, 0) is 30.3 Å². The number of nitrogen functional groups attached to an aromatic ring is 1. The molecule has 6 nitrogen and oxygen atoms in total. The van der Waals surface area contributed by atoms with Crippen molar-refractivity contribution in [1.29, 1.82) is 5.26 Å². The minimum Gasteiger partial charge on any atom is -0.495 e. The molecule has 0 spiro atoms. The number of benzene rings is 2. The summed E-state index contributed by atoms with van der Waals surface area (Å²) in [5.74, 6) is 0.0255. The first kappa shape index (κ1) is 17.2. The SMILES string of the molecule is COc1ccccc1N/C=C(/C#N)C(=O)Nc1ccc(N)c(Cl)c1. The number of nitrogens with one attached hydrogen (secondary N) is 2. The minimum atomic E-state index is -0.569. The van der Waals surface area contributed by atoms with Crippen LogP contribution in [0.3, 0.4) is 0 Å². The van der Waals surface area contributed by atoms with Gasteiger partial charge in [0, 0.05) is 11.9 Å². The van der Waals surface area contributed by atoms with Gasteiger partial charge in [-0.25, -0.2) is 0 Å². The van der Waals surface area contributed by atoms with Gasteiger partial charge in [0.15, 0.2) is 0 Å². The molecular weight excluding hydrogens is 328 g/mol. The summed E-state index contributed by atoms with van der Waals surface area (Å²) in [5.41, 5.74) is 7.00. The molecule has 0 bridgehead atoms. The van der Waals surface area contributed by atoms with E-state index in [9.17, 15) is 10.1 Å². The van der Waals surface area contributed by atoms with E-state index in [2.05, 4.69) is 10.6 Å². The Kier molecular flexibility index (Phi) is 5.66. The number of carbonyl (C=O) groups excluding carboxylic acids is 1. The Morgan fingerprint density at radius 1 is 1.33 bits per heavy atom. The van der Waals surface area contributed by atoms with Crippen LogP contribution in [0.25, 0.3) is 0 Å². The van der Waals surface area contributed by atoms with E-state index in [1.807, 2.05) is 12.1 Å². The number of nitrogens with zero attached hydrogens (tertiary/aromatic N) is 1. The average molecular weight is 343 g/mol. The van der Waals surface area contributed by atoms with Gasteiger partial charge in [-0.1, -0.05) is 23.7 Å². The van der Waals surface area contributed by atoms with Gasteiger partial charge in [0.2, 0.25) is 0 Å². The summed E-state index contributed by atoms with van der Waals surface area (Å²) in [5, 5.41) is 15.0. The summed E-state index contributed by atoms with van der Waals surface area (Å²) in [6, 6.07) is 13.7. The number of para-hydroxylation sites is 2. The summed E-state index contributed by atoms with van der Waals surface area (Å²) in [6.07, 6.45) is 1.31. The van der Waals surface area contributed by atoms with E-state index in [1.165, 1.54) is 19.4 Å². The first-order valence-corrected chi connectivity index (χ1v) is 7.29. The lowest BCUT2D eigenvalue weighted by molar-refractivity contribution is -0.112. The first-order chi connectivity index (χ1) is 11.5. The van der Waals surface area contributed by atoms with Crippen LogP contribution >= 0.6 is 11.6 Å². The molecule has 2 aromatic carbocycles. The zero-order chi connectivity index (χ0) is 17.5. The van der Waals surface area contributed by atoms with Gasteiger partial charge in [-0.15, -0.1) is 0 Å². The van der Waals surface area contributed by atoms with Gasteiger partial charge in [0.1, 0.15) is 17.4 Å². The highest BCUT2D eigenvalue weighted by atomic mass is 35.5. The predicted molar refractivity (Wildman–Crippen MR) is 94.8 cm³/mol. The molecule has 0 aliphatic heterocycles. The second-order valence-corrected chi connectivity index (χ2v) is 5.11. The second-order valence-electron chi connectivity index (χ2n) is 4.70. The molecule has 0 atom stereocenters. The third kappa shape index (κ3) is 4.18. The minimum absolute atomic E-state index is 0.103. The summed E-state index contributed by atoms with van der Waals surface area (Å²) < 4.78 is 5.19. The maximum atomic E-state index is 12.2. The zero-order valence-corrected chi connectivity index (χ0v) is 13.6. The number of nitriles is 1. The van der Waals surface area contributed by atoms with Gasteiger partial charge in [-0.3, -0.25) is 4.79 Å². The van der Waals surface area contributed by atoms with Crippen LogP contribution in [0.2, 0.25) is 5.02 Å². The highest BCUT2D eigenvalue weighted by molar-refractivity contribution is 6.33. The lowest BCUT2D eigenvalue weighted by Gasteiger charge is -2.09. The molecule has 24 heavy (non-hydrogen) atoms. The number of halogens is 1. The second kappa shape index (κ2) is 7.90. The van der Waals surface area contributed by atoms with Crippen molar-refractivity contribution in [3.05, 3.63) is 59.3 Å². The molecule has 0 aliphatic rings. The van der Waals surface area contributed by atoms with Crippen LogP contribution in [0.4, 0.5) is 17.1 Å². The molecule has 0 unspecified atom stereocenters. The van der Waals surface area contributed by atoms with Gasteiger partial charge in [-0.2, -0.15) is 5.26 Å². The van der Waals surface area contributed by atoms with Crippen LogP contribution in [0, 0.1) is 11.3 Å². The highest BCUT2D eigenvalue weighted by Gasteiger charge is 2.10. The van der Waals surface area contributed by atoms with E-state index in [-0.39, 0.29) is 5.57 Å². The molecule has 4 N–H and O–H groups in total. The zero-order valence-electron chi connectivity index (χ0n) is 12.8. The molecule has 0 aromatic heterocycles. The lowest BCUT2D eigenvalue weighted by atomic mass is 10.2. The van der Waals surface area contributed by atoms with Crippen molar-refractivity contribution >= 4 is 34.6 Å². The van der Waals surface area contributed by atoms with Gasteiger partial charge in [0.05, 0.1) is 23.5 Å². The van der Waals surface area contributed by atoms with E-state index >= 15 is 0 Å². The Bertz CT molecular complexity index is 828. The first-order valence-electron chi connectivity index (χ1n) is 6.91. The maximum Gasteiger partial charge on any atom is 0.267 e. The summed E-state index contributed by atoms with van der Waals surface area (Å²) in [6.45, 7) is 0. The van der Waals surface area contributed by atoms with E-state index in [0.717, 1.165) is 0 Å². The number of ether oxygens (including phenoxy) is 1. The van der Waals surface area contributed by atoms with Crippen LogP contribution in [0.15, 0.2) is 54.2 Å². The van der Waals surface area contributed by atoms with Gasteiger partial charge in [0.25, 0.3) is 5.91 Å². The fraction of sp³-hybridized carbons (Fsp3) is 0.0588. The van der Waals surface area contributed by atoms with E-state index in [4.69, 9.17) is 22.1 Å². The fourth-order valence-corrected chi connectivity index (χ4v) is 2.05. The molecule has 2 aromatic rings. The third-order valence-corrected chi connectivity index (χ3v) is 3.43. The van der Waals surface area contributed by atoms with E-state index in [1.54, 1.807) is 30.3 Å². The molecule has 0 radical (unpaired) electrons. The number of anilines is 3. The molecule has 0 aliphatic carbocycles. The van der Waals surface area contributed by atoms with Crippen LogP contribution in [0.5, 0.6) is 5.75 Å². The van der Waals surface area contributed by atoms with Crippen LogP contribution in [0.1, 0.15) is 0 Å². The number of amides is 1. The Labute approximate surface area is 144 Å². The van der Waals surface area contributed by atoms with Crippen molar-refractivity contribution in [2.24, 2.45) is 0 Å². The predicted octanol–water partition coefficient (Wildman–Crippen LogP) is 3.39. The van der Waals surface area contributed by atoms with Crippen LogP contribution in [-0.2, 0) is 4.79 Å². The van der Waals surface area contributed by atoms with E-state index in [0.29, 0.717) is 27.8 Å². The molecule has 0 heterocycles. The molecule has 0 saturated carbocycles. The van der Waals surface area contributed by atoms with Crippen molar-refractivity contribution < 1.29 is 9.53 Å². The number of nitrogens with two attached hydrogens (primary N) is 1. The van der Waals surface area contributed by atoms with Crippen molar-refractivity contribution in [1.82, 2.24) is 0 Å². The normalized spacial score (nSPS) is 10.6. The molecule has 1 amide bonds. The number of rotatable bonds is 5. The molecule has 2 rings (SSSR count). The standard InChI is InChI=1S/C17H15ClN4O2/c1-24-16-5-3-2-4-15(16)21-10-11(9-19)17(23)22-12-6-7-14(20)13(18)8-12/h2-8,10,21H,20H2,1H3,(H,22,23)/b11-10-. The van der Waals surface area contributed by atoms with Crippen molar-refractivity contribution in [2.45, 2.75) is 0 Å². The largest absolute Gasteiger partial charge is 0.495 e. The molecule has 0 saturated heterocycles. The number of carbonyl (C=O) groups is 1. The fourth-order valence-electron chi connectivity index (χ4n) is 1.87. The quantitative estimate of drug-likeness (QED) is 0.439. The summed E-state index contributed by atoms with van der Waals surface area (Å²) in [4.78, 5) is 12.2. The molecule has 122 valence electrons. The Morgan fingerprint density at radius 2 is 2.08 bits per heavy atom. The number of hydrogen-bond acceptors (Lipinski definition) is 5. The van der Waals surface area contributed by atoms with Crippen LogP contribution in [-0.4, -0.2) is 13.0 Å². The summed E-state index contributed by atoms with van der Waals surface area (Å²) >= 11 is 5.90. The lowest BCUT2D eigenvalue weighted by Crippen LogP contribution is -2.14. The Balaban J connectivity index is 2.13. The van der Waals surface area contributed by atoms with E-state index < -0.39 is 5.91 Å². The van der Waals surface area contributed by atoms with Crippen molar-refractivity contribution in [2.75, 3.05) is 23.5 Å². The Hall–Kier alpha value is -3.17. The maximum absolute atomic E-state index is 12.2. The number of methoxy groups -OCH3 is 1. The van der Waals surface area contributed by atoms with Gasteiger partial charge >= 0.3 is 0 Å². The van der Waals surface area contributed by atoms with Gasteiger partial charge < -0.3 is 21.1 Å². The number of hydrogen-bond donors (Lipinski definition) is 3.